The first-order valence-electron chi connectivity index (χ1n) is 5.61. The first kappa shape index (κ1) is 15.2. The molecule has 0 aliphatic carbocycles. The van der Waals surface area contributed by atoms with Gasteiger partial charge in [0.1, 0.15) is 5.82 Å². The van der Waals surface area contributed by atoms with Crippen molar-refractivity contribution in [2.75, 3.05) is 5.32 Å². The highest BCUT2D eigenvalue weighted by Gasteiger charge is 2.31. The second-order valence-corrected chi connectivity index (χ2v) is 5.19. The topological polar surface area (TPSA) is 55.2 Å². The lowest BCUT2D eigenvalue weighted by molar-refractivity contribution is -0.380. The number of nitrogens with one attached hydrogen (secondary N) is 1. The second kappa shape index (κ2) is 5.68. The van der Waals surface area contributed by atoms with Gasteiger partial charge >= 0.3 is 11.2 Å². The van der Waals surface area contributed by atoms with E-state index in [-0.39, 0.29) is 17.2 Å². The lowest BCUT2D eigenvalue weighted by Gasteiger charge is -2.11. The van der Waals surface area contributed by atoms with Crippen LogP contribution < -0.4 is 5.32 Å². The van der Waals surface area contributed by atoms with Crippen molar-refractivity contribution in [2.45, 2.75) is 12.7 Å². The zero-order valence-electron chi connectivity index (χ0n) is 10.3. The molecular weight excluding hydrogens is 312 g/mol. The molecule has 0 saturated carbocycles. The van der Waals surface area contributed by atoms with Crippen molar-refractivity contribution in [1.29, 1.82) is 0 Å². The third-order valence-corrected chi connectivity index (χ3v) is 3.61. The van der Waals surface area contributed by atoms with Gasteiger partial charge in [0.05, 0.1) is 16.2 Å². The summed E-state index contributed by atoms with van der Waals surface area (Å²) in [6.45, 7) is -0.00324. The molecule has 1 N–H and O–H groups in total. The van der Waals surface area contributed by atoms with E-state index in [2.05, 4.69) is 5.32 Å². The average Bonchev–Trinajstić information content (AvgIpc) is 2.85. The minimum Gasteiger partial charge on any atom is -0.378 e. The molecule has 4 nitrogen and oxygen atoms in total. The Hall–Kier alpha value is -2.16. The van der Waals surface area contributed by atoms with E-state index >= 15 is 0 Å². The van der Waals surface area contributed by atoms with Crippen molar-refractivity contribution in [3.05, 3.63) is 56.7 Å². The number of anilines is 1. The number of thiophene rings is 1. The minimum atomic E-state index is -4.56. The lowest BCUT2D eigenvalue weighted by Crippen LogP contribution is -2.07. The van der Waals surface area contributed by atoms with Crippen molar-refractivity contribution in [3.63, 3.8) is 0 Å². The van der Waals surface area contributed by atoms with Crippen molar-refractivity contribution < 1.29 is 22.5 Å². The molecule has 0 aliphatic rings. The first-order valence-corrected chi connectivity index (χ1v) is 6.43. The van der Waals surface area contributed by atoms with Crippen LogP contribution >= 0.6 is 11.3 Å². The largest absolute Gasteiger partial charge is 0.416 e. The summed E-state index contributed by atoms with van der Waals surface area (Å²) in [6, 6.07) is 4.78. The Kier molecular flexibility index (Phi) is 4.12. The van der Waals surface area contributed by atoms with Gasteiger partial charge in [-0.1, -0.05) is 11.3 Å². The fourth-order valence-corrected chi connectivity index (χ4v) is 2.34. The van der Waals surface area contributed by atoms with Gasteiger partial charge in [-0.2, -0.15) is 13.2 Å². The average molecular weight is 320 g/mol. The van der Waals surface area contributed by atoms with E-state index in [1.807, 2.05) is 0 Å². The summed E-state index contributed by atoms with van der Waals surface area (Å²) >= 11 is 0.870. The van der Waals surface area contributed by atoms with Gasteiger partial charge in [0.15, 0.2) is 0 Å². The van der Waals surface area contributed by atoms with Crippen LogP contribution in [0.4, 0.5) is 28.3 Å². The molecule has 0 saturated heterocycles. The minimum absolute atomic E-state index is 0.00324. The summed E-state index contributed by atoms with van der Waals surface area (Å²) in [5.74, 6) is -0.825. The predicted molar refractivity (Wildman–Crippen MR) is 69.7 cm³/mol. The third-order valence-electron chi connectivity index (χ3n) is 2.57. The van der Waals surface area contributed by atoms with Gasteiger partial charge in [-0.05, 0) is 24.3 Å². The van der Waals surface area contributed by atoms with Crippen LogP contribution in [0, 0.1) is 15.9 Å². The highest BCUT2D eigenvalue weighted by Crippen LogP contribution is 2.32. The Balaban J connectivity index is 2.13. The molecule has 2 aromatic rings. The fraction of sp³-hybridized carbons (Fsp3) is 0.167. The molecule has 0 spiro atoms. The van der Waals surface area contributed by atoms with Crippen LogP contribution in [0.5, 0.6) is 0 Å². The Labute approximate surface area is 120 Å². The second-order valence-electron chi connectivity index (χ2n) is 4.04. The molecule has 0 fully saturated rings. The van der Waals surface area contributed by atoms with Gasteiger partial charge in [-0.3, -0.25) is 10.1 Å². The van der Waals surface area contributed by atoms with Crippen LogP contribution in [0.1, 0.15) is 10.4 Å². The summed E-state index contributed by atoms with van der Waals surface area (Å²) in [5, 5.41) is 12.9. The zero-order chi connectivity index (χ0) is 15.6. The molecule has 1 aromatic carbocycles. The van der Waals surface area contributed by atoms with Gasteiger partial charge in [-0.25, -0.2) is 4.39 Å². The highest BCUT2D eigenvalue weighted by molar-refractivity contribution is 7.15. The number of alkyl halides is 3. The highest BCUT2D eigenvalue weighted by atomic mass is 32.1. The first-order chi connectivity index (χ1) is 9.77. The van der Waals surface area contributed by atoms with Gasteiger partial charge in [0.25, 0.3) is 0 Å². The van der Waals surface area contributed by atoms with E-state index in [0.717, 1.165) is 17.4 Å². The van der Waals surface area contributed by atoms with Gasteiger partial charge in [0, 0.05) is 17.5 Å². The van der Waals surface area contributed by atoms with Crippen LogP contribution in [0.25, 0.3) is 0 Å². The molecule has 21 heavy (non-hydrogen) atoms. The summed E-state index contributed by atoms with van der Waals surface area (Å²) in [5.41, 5.74) is -1.27. The van der Waals surface area contributed by atoms with Gasteiger partial charge in [0.2, 0.25) is 0 Å². The summed E-state index contributed by atoms with van der Waals surface area (Å²) < 4.78 is 51.1. The van der Waals surface area contributed by atoms with Gasteiger partial charge in [-0.15, -0.1) is 0 Å². The summed E-state index contributed by atoms with van der Waals surface area (Å²) in [6.07, 6.45) is -4.56. The van der Waals surface area contributed by atoms with Crippen molar-refractivity contribution in [1.82, 2.24) is 0 Å². The number of rotatable bonds is 4. The maximum atomic E-state index is 13.5. The summed E-state index contributed by atoms with van der Waals surface area (Å²) in [7, 11) is 0. The van der Waals surface area contributed by atoms with Crippen LogP contribution in [-0.4, -0.2) is 4.92 Å². The molecule has 9 heteroatoms. The Morgan fingerprint density at radius 1 is 1.24 bits per heavy atom. The molecular formula is C12H8F4N2O2S. The van der Waals surface area contributed by atoms with Crippen molar-refractivity contribution in [2.24, 2.45) is 0 Å². The molecule has 0 unspecified atom stereocenters. The predicted octanol–water partition coefficient (Wildman–Crippen LogP) is 4.43. The van der Waals surface area contributed by atoms with E-state index in [0.29, 0.717) is 17.0 Å². The molecule has 1 heterocycles. The van der Waals surface area contributed by atoms with E-state index < -0.39 is 22.5 Å². The maximum Gasteiger partial charge on any atom is 0.416 e. The maximum absolute atomic E-state index is 13.5. The monoisotopic (exact) mass is 320 g/mol. The number of nitro groups is 1. The quantitative estimate of drug-likeness (QED) is 0.515. The fourth-order valence-electron chi connectivity index (χ4n) is 1.58. The SMILES string of the molecule is O=[N+]([O-])c1ccc(CNc2cc(C(F)(F)F)ccc2F)s1. The molecule has 0 atom stereocenters. The number of halogens is 4. The van der Waals surface area contributed by atoms with Crippen molar-refractivity contribution in [3.8, 4) is 0 Å². The number of hydrogen-bond donors (Lipinski definition) is 1. The van der Waals surface area contributed by atoms with Crippen molar-refractivity contribution >= 4 is 22.0 Å². The molecule has 1 aromatic heterocycles. The molecule has 0 radical (unpaired) electrons. The standard InChI is InChI=1S/C12H8F4N2O2S/c13-9-3-1-7(12(14,15)16)5-10(9)17-6-8-2-4-11(21-8)18(19)20/h1-5,17H,6H2. The smallest absolute Gasteiger partial charge is 0.378 e. The molecule has 0 aliphatic heterocycles. The Morgan fingerprint density at radius 3 is 2.52 bits per heavy atom. The number of benzene rings is 1. The van der Waals surface area contributed by atoms with E-state index in [4.69, 9.17) is 0 Å². The van der Waals surface area contributed by atoms with Gasteiger partial charge < -0.3 is 5.32 Å². The van der Waals surface area contributed by atoms with Crippen LogP contribution in [0.2, 0.25) is 0 Å². The summed E-state index contributed by atoms with van der Waals surface area (Å²) in [4.78, 5) is 10.5. The van der Waals surface area contributed by atoms with Crippen LogP contribution in [0.3, 0.4) is 0 Å². The van der Waals surface area contributed by atoms with E-state index in [1.54, 1.807) is 0 Å². The molecule has 2 rings (SSSR count). The molecule has 0 bridgehead atoms. The molecule has 112 valence electrons. The normalized spacial score (nSPS) is 11.4. The zero-order valence-corrected chi connectivity index (χ0v) is 11.1. The van der Waals surface area contributed by atoms with E-state index in [1.165, 1.54) is 12.1 Å². The number of hydrogen-bond acceptors (Lipinski definition) is 4. The lowest BCUT2D eigenvalue weighted by atomic mass is 10.2. The Morgan fingerprint density at radius 2 is 1.95 bits per heavy atom. The van der Waals surface area contributed by atoms with E-state index in [9.17, 15) is 27.7 Å². The number of nitrogens with zero attached hydrogens (tertiary/aromatic N) is 1. The third kappa shape index (κ3) is 3.69. The molecule has 0 amide bonds. The van der Waals surface area contributed by atoms with Crippen LogP contribution in [-0.2, 0) is 12.7 Å². The Bertz CT molecular complexity index is 670. The van der Waals surface area contributed by atoms with Crippen LogP contribution in [0.15, 0.2) is 30.3 Å².